The van der Waals surface area contributed by atoms with Crippen LogP contribution in [0, 0.1) is 0 Å². The maximum absolute atomic E-state index is 11.7. The van der Waals surface area contributed by atoms with Crippen molar-refractivity contribution < 1.29 is 19.5 Å². The van der Waals surface area contributed by atoms with Crippen molar-refractivity contribution in [3.63, 3.8) is 0 Å². The van der Waals surface area contributed by atoms with E-state index in [1.54, 1.807) is 17.3 Å². The third-order valence-electron chi connectivity index (χ3n) is 2.30. The minimum Gasteiger partial charge on any atom is -0.481 e. The molecule has 0 unspecified atom stereocenters. The van der Waals surface area contributed by atoms with Crippen molar-refractivity contribution in [1.29, 1.82) is 0 Å². The summed E-state index contributed by atoms with van der Waals surface area (Å²) in [6, 6.07) is 1.54. The Kier molecular flexibility index (Phi) is 5.46. The number of carbonyl (C=O) groups excluding carboxylic acids is 2. The molecule has 7 nitrogen and oxygen atoms in total. The van der Waals surface area contributed by atoms with Crippen LogP contribution in [0.3, 0.4) is 0 Å². The van der Waals surface area contributed by atoms with Crippen LogP contribution in [0.15, 0.2) is 11.4 Å². The molecule has 2 amide bonds. The number of hydrogen-bond donors (Lipinski definition) is 3. The second-order valence-electron chi connectivity index (χ2n) is 3.96. The second kappa shape index (κ2) is 6.86. The number of rotatable bonds is 7. The van der Waals surface area contributed by atoms with Crippen molar-refractivity contribution in [3.8, 4) is 0 Å². The lowest BCUT2D eigenvalue weighted by molar-refractivity contribution is -0.137. The van der Waals surface area contributed by atoms with Gasteiger partial charge < -0.3 is 16.2 Å². The first-order valence-electron chi connectivity index (χ1n) is 5.47. The quantitative estimate of drug-likeness (QED) is 0.662. The van der Waals surface area contributed by atoms with E-state index in [2.05, 4.69) is 5.32 Å². The van der Waals surface area contributed by atoms with Crippen molar-refractivity contribution in [3.05, 3.63) is 17.0 Å². The van der Waals surface area contributed by atoms with Crippen LogP contribution in [0.25, 0.3) is 0 Å². The second-order valence-corrected chi connectivity index (χ2v) is 4.87. The molecule has 0 aliphatic rings. The number of carbonyl (C=O) groups is 3. The molecular formula is C11H15N3O4S. The number of nitrogens with two attached hydrogens (primary N) is 1. The standard InChI is InChI=1S/C11H15N3O4S/c1-14(4-2-9(16)17)6-8(15)13-11-7(10(12)18)3-5-19-11/h3,5H,2,4,6H2,1H3,(H2,12,18)(H,13,15)(H,16,17). The first-order chi connectivity index (χ1) is 8.90. The summed E-state index contributed by atoms with van der Waals surface area (Å²) in [6.07, 6.45) is -0.0324. The van der Waals surface area contributed by atoms with Gasteiger partial charge in [0.05, 0.1) is 18.5 Å². The molecule has 104 valence electrons. The van der Waals surface area contributed by atoms with E-state index < -0.39 is 11.9 Å². The summed E-state index contributed by atoms with van der Waals surface area (Å²) in [5.41, 5.74) is 5.43. The van der Waals surface area contributed by atoms with Gasteiger partial charge in [0.15, 0.2) is 0 Å². The summed E-state index contributed by atoms with van der Waals surface area (Å²) in [5, 5.41) is 13.2. The summed E-state index contributed by atoms with van der Waals surface area (Å²) < 4.78 is 0. The van der Waals surface area contributed by atoms with Crippen molar-refractivity contribution in [1.82, 2.24) is 4.90 Å². The average molecular weight is 285 g/mol. The predicted octanol–water partition coefficient (Wildman–Crippen LogP) is 0.192. The number of anilines is 1. The Bertz CT molecular complexity index is 486. The first-order valence-corrected chi connectivity index (χ1v) is 6.35. The van der Waals surface area contributed by atoms with Crippen LogP contribution in [-0.2, 0) is 9.59 Å². The van der Waals surface area contributed by atoms with E-state index in [1.165, 1.54) is 17.4 Å². The van der Waals surface area contributed by atoms with Gasteiger partial charge in [-0.05, 0) is 18.5 Å². The molecule has 0 aromatic carbocycles. The number of hydrogen-bond acceptors (Lipinski definition) is 5. The lowest BCUT2D eigenvalue weighted by Gasteiger charge is -2.14. The molecule has 0 bridgehead atoms. The summed E-state index contributed by atoms with van der Waals surface area (Å²) in [5.74, 6) is -1.84. The number of nitrogens with zero attached hydrogens (tertiary/aromatic N) is 1. The van der Waals surface area contributed by atoms with Gasteiger partial charge >= 0.3 is 5.97 Å². The number of amides is 2. The molecular weight excluding hydrogens is 270 g/mol. The number of likely N-dealkylation sites (N-methyl/N-ethyl adjacent to an activating group) is 1. The van der Waals surface area contributed by atoms with Gasteiger partial charge in [-0.3, -0.25) is 19.3 Å². The number of nitrogens with one attached hydrogen (secondary N) is 1. The monoisotopic (exact) mass is 285 g/mol. The molecule has 8 heteroatoms. The average Bonchev–Trinajstić information content (AvgIpc) is 2.74. The summed E-state index contributed by atoms with van der Waals surface area (Å²) in [6.45, 7) is 0.319. The van der Waals surface area contributed by atoms with Gasteiger partial charge in [0.25, 0.3) is 5.91 Å². The van der Waals surface area contributed by atoms with Gasteiger partial charge in [-0.25, -0.2) is 0 Å². The fraction of sp³-hybridized carbons (Fsp3) is 0.364. The van der Waals surface area contributed by atoms with Crippen LogP contribution >= 0.6 is 11.3 Å². The molecule has 19 heavy (non-hydrogen) atoms. The van der Waals surface area contributed by atoms with Gasteiger partial charge in [0.1, 0.15) is 5.00 Å². The molecule has 1 rings (SSSR count). The van der Waals surface area contributed by atoms with Crippen LogP contribution in [-0.4, -0.2) is 47.9 Å². The molecule has 1 aromatic heterocycles. The zero-order valence-electron chi connectivity index (χ0n) is 10.4. The minimum atomic E-state index is -0.915. The van der Waals surface area contributed by atoms with E-state index in [0.29, 0.717) is 5.00 Å². The molecule has 1 aromatic rings. The van der Waals surface area contributed by atoms with E-state index in [4.69, 9.17) is 10.8 Å². The normalized spacial score (nSPS) is 10.4. The summed E-state index contributed by atoms with van der Waals surface area (Å²) >= 11 is 1.21. The third-order valence-corrected chi connectivity index (χ3v) is 3.13. The topological polar surface area (TPSA) is 113 Å². The Balaban J connectivity index is 2.49. The maximum Gasteiger partial charge on any atom is 0.304 e. The van der Waals surface area contributed by atoms with Gasteiger partial charge in [-0.15, -0.1) is 11.3 Å². The highest BCUT2D eigenvalue weighted by Gasteiger charge is 2.14. The third kappa shape index (κ3) is 5.06. The summed E-state index contributed by atoms with van der Waals surface area (Å²) in [7, 11) is 1.64. The van der Waals surface area contributed by atoms with E-state index in [1.807, 2.05) is 0 Å². The SMILES string of the molecule is CN(CCC(=O)O)CC(=O)Nc1sccc1C(N)=O. The fourth-order valence-electron chi connectivity index (χ4n) is 1.38. The van der Waals surface area contributed by atoms with Crippen molar-refractivity contribution in [2.75, 3.05) is 25.5 Å². The van der Waals surface area contributed by atoms with Crippen LogP contribution < -0.4 is 11.1 Å². The minimum absolute atomic E-state index is 0.0324. The lowest BCUT2D eigenvalue weighted by Crippen LogP contribution is -2.32. The van der Waals surface area contributed by atoms with Gasteiger partial charge in [-0.1, -0.05) is 0 Å². The fourth-order valence-corrected chi connectivity index (χ4v) is 2.19. The van der Waals surface area contributed by atoms with Gasteiger partial charge in [0, 0.05) is 6.54 Å². The number of aliphatic carboxylic acids is 1. The van der Waals surface area contributed by atoms with Gasteiger partial charge in [-0.2, -0.15) is 0 Å². The van der Waals surface area contributed by atoms with Crippen molar-refractivity contribution in [2.24, 2.45) is 5.73 Å². The first kappa shape index (κ1) is 15.1. The molecule has 0 aliphatic heterocycles. The van der Waals surface area contributed by atoms with E-state index in [9.17, 15) is 14.4 Å². The number of thiophene rings is 1. The van der Waals surface area contributed by atoms with Crippen molar-refractivity contribution >= 4 is 34.1 Å². The molecule has 0 spiro atoms. The van der Waals surface area contributed by atoms with E-state index in [0.717, 1.165) is 0 Å². The number of carboxylic acid groups (broad SMARTS) is 1. The Morgan fingerprint density at radius 2 is 2.16 bits per heavy atom. The highest BCUT2D eigenvalue weighted by Crippen LogP contribution is 2.22. The van der Waals surface area contributed by atoms with Crippen LogP contribution in [0.2, 0.25) is 0 Å². The maximum atomic E-state index is 11.7. The molecule has 4 N–H and O–H groups in total. The largest absolute Gasteiger partial charge is 0.481 e. The highest BCUT2D eigenvalue weighted by molar-refractivity contribution is 7.14. The highest BCUT2D eigenvalue weighted by atomic mass is 32.1. The van der Waals surface area contributed by atoms with E-state index >= 15 is 0 Å². The molecule has 0 aliphatic carbocycles. The number of carboxylic acids is 1. The molecule has 0 saturated carbocycles. The van der Waals surface area contributed by atoms with Gasteiger partial charge in [0.2, 0.25) is 5.91 Å². The molecule has 1 heterocycles. The van der Waals surface area contributed by atoms with Crippen LogP contribution in [0.1, 0.15) is 16.8 Å². The Labute approximate surface area is 114 Å². The molecule has 0 fully saturated rings. The molecule has 0 atom stereocenters. The zero-order valence-corrected chi connectivity index (χ0v) is 11.2. The lowest BCUT2D eigenvalue weighted by atomic mass is 10.3. The Morgan fingerprint density at radius 3 is 2.74 bits per heavy atom. The van der Waals surface area contributed by atoms with Crippen molar-refractivity contribution in [2.45, 2.75) is 6.42 Å². The zero-order chi connectivity index (χ0) is 14.4. The molecule has 0 radical (unpaired) electrons. The smallest absolute Gasteiger partial charge is 0.304 e. The summed E-state index contributed by atoms with van der Waals surface area (Å²) in [4.78, 5) is 34.7. The van der Waals surface area contributed by atoms with Crippen LogP contribution in [0.5, 0.6) is 0 Å². The van der Waals surface area contributed by atoms with E-state index in [-0.39, 0.29) is 31.0 Å². The predicted molar refractivity (Wildman–Crippen MR) is 71.2 cm³/mol. The van der Waals surface area contributed by atoms with Crippen LogP contribution in [0.4, 0.5) is 5.00 Å². The molecule has 0 saturated heterocycles. The number of primary amides is 1. The Hall–Kier alpha value is -1.93. The Morgan fingerprint density at radius 1 is 1.47 bits per heavy atom.